The van der Waals surface area contributed by atoms with Gasteiger partial charge in [-0.25, -0.2) is 14.8 Å². The van der Waals surface area contributed by atoms with Crippen molar-refractivity contribution in [2.75, 3.05) is 43.9 Å². The number of ether oxygens (including phenoxy) is 1. The number of carbonyl (C=O) groups is 3. The zero-order valence-electron chi connectivity index (χ0n) is 27.0. The van der Waals surface area contributed by atoms with Crippen LogP contribution in [0.25, 0.3) is 11.0 Å². The minimum Gasteiger partial charge on any atom is -0.444 e. The van der Waals surface area contributed by atoms with Gasteiger partial charge in [-0.1, -0.05) is 25.7 Å². The van der Waals surface area contributed by atoms with Crippen molar-refractivity contribution in [1.82, 2.24) is 29.3 Å². The zero-order chi connectivity index (χ0) is 31.9. The van der Waals surface area contributed by atoms with Crippen molar-refractivity contribution in [3.05, 3.63) is 36.3 Å². The number of fused-ring (bicyclic) bond motifs is 2. The molecule has 0 radical (unpaired) electrons. The summed E-state index contributed by atoms with van der Waals surface area (Å²) in [5, 5.41) is 4.04. The second-order valence-corrected chi connectivity index (χ2v) is 13.9. The van der Waals surface area contributed by atoms with Crippen molar-refractivity contribution in [2.24, 2.45) is 11.8 Å². The van der Waals surface area contributed by atoms with Gasteiger partial charge in [0.2, 0.25) is 11.9 Å². The molecule has 2 atom stereocenters. The van der Waals surface area contributed by atoms with Crippen LogP contribution in [-0.2, 0) is 9.53 Å². The van der Waals surface area contributed by atoms with Crippen molar-refractivity contribution in [3.63, 3.8) is 0 Å². The average Bonchev–Trinajstić information content (AvgIpc) is 3.46. The molecule has 3 aromatic rings. The van der Waals surface area contributed by atoms with Crippen LogP contribution in [0.2, 0.25) is 0 Å². The normalized spacial score (nSPS) is 21.0. The first-order chi connectivity index (χ1) is 21.5. The van der Waals surface area contributed by atoms with Gasteiger partial charge < -0.3 is 29.3 Å². The van der Waals surface area contributed by atoms with Crippen LogP contribution in [0.4, 0.5) is 22.2 Å². The third-order valence-corrected chi connectivity index (χ3v) is 9.07. The standard InChI is InChI=1S/C33H44N8O4/c1-33(2,3)45-32(44)39-18-22-15-28(42)40(20-23(22)19-39)25-12-13-27(34-17-25)36-31-35-16-21-14-26(30(43)38(4)5)41(29(21)37-31)24-10-8-6-7-9-11-24/h12-14,16-17,22-24H,6-11,15,18-20H2,1-5H3,(H,34,35,36,37). The highest BCUT2D eigenvalue weighted by Crippen LogP contribution is 2.36. The van der Waals surface area contributed by atoms with Gasteiger partial charge in [0.25, 0.3) is 5.91 Å². The fourth-order valence-electron chi connectivity index (χ4n) is 6.85. The molecule has 240 valence electrons. The van der Waals surface area contributed by atoms with E-state index < -0.39 is 5.60 Å². The topological polar surface area (TPSA) is 126 Å². The summed E-state index contributed by atoms with van der Waals surface area (Å²) in [7, 11) is 3.54. The fraction of sp³-hybridized carbons (Fsp3) is 0.576. The predicted molar refractivity (Wildman–Crippen MR) is 172 cm³/mol. The van der Waals surface area contributed by atoms with Crippen molar-refractivity contribution in [3.8, 4) is 0 Å². The van der Waals surface area contributed by atoms with Crippen LogP contribution < -0.4 is 10.2 Å². The van der Waals surface area contributed by atoms with E-state index in [1.165, 1.54) is 12.8 Å². The summed E-state index contributed by atoms with van der Waals surface area (Å²) in [6.07, 6.45) is 10.2. The molecular formula is C33H44N8O4. The summed E-state index contributed by atoms with van der Waals surface area (Å²) in [6, 6.07) is 5.79. The van der Waals surface area contributed by atoms with E-state index in [1.54, 1.807) is 41.2 Å². The van der Waals surface area contributed by atoms with Gasteiger partial charge in [-0.05, 0) is 63.6 Å². The molecule has 1 aliphatic carbocycles. The second kappa shape index (κ2) is 12.3. The first kappa shape index (κ1) is 30.8. The smallest absolute Gasteiger partial charge is 0.410 e. The molecule has 12 nitrogen and oxygen atoms in total. The Morgan fingerprint density at radius 1 is 0.978 bits per heavy atom. The highest BCUT2D eigenvalue weighted by Gasteiger charge is 2.43. The lowest BCUT2D eigenvalue weighted by Crippen LogP contribution is -2.44. The summed E-state index contributed by atoms with van der Waals surface area (Å²) >= 11 is 0. The fourth-order valence-corrected chi connectivity index (χ4v) is 6.85. The monoisotopic (exact) mass is 616 g/mol. The van der Waals surface area contributed by atoms with Crippen LogP contribution in [0.5, 0.6) is 0 Å². The SMILES string of the molecule is CN(C)C(=O)c1cc2cnc(Nc3ccc(N4CC5CN(C(=O)OC(C)(C)C)CC5CC4=O)cn3)nc2n1C1CCCCCC1. The predicted octanol–water partition coefficient (Wildman–Crippen LogP) is 5.39. The summed E-state index contributed by atoms with van der Waals surface area (Å²) in [6.45, 7) is 7.21. The molecule has 0 bridgehead atoms. The van der Waals surface area contributed by atoms with Crippen LogP contribution >= 0.6 is 0 Å². The van der Waals surface area contributed by atoms with Gasteiger partial charge in [0.05, 0.1) is 11.9 Å². The number of carbonyl (C=O) groups excluding carboxylic acids is 3. The van der Waals surface area contributed by atoms with Gasteiger partial charge in [0.1, 0.15) is 22.8 Å². The molecule has 1 saturated carbocycles. The Bertz CT molecular complexity index is 1570. The molecule has 3 amide bonds. The lowest BCUT2D eigenvalue weighted by molar-refractivity contribution is -0.121. The average molecular weight is 617 g/mol. The van der Waals surface area contributed by atoms with E-state index in [0.717, 1.165) is 36.7 Å². The summed E-state index contributed by atoms with van der Waals surface area (Å²) < 4.78 is 7.68. The number of rotatable bonds is 5. The van der Waals surface area contributed by atoms with Crippen molar-refractivity contribution in [1.29, 1.82) is 0 Å². The van der Waals surface area contributed by atoms with Crippen molar-refractivity contribution >= 4 is 46.4 Å². The Morgan fingerprint density at radius 2 is 1.71 bits per heavy atom. The second-order valence-electron chi connectivity index (χ2n) is 13.9. The molecule has 2 aliphatic heterocycles. The van der Waals surface area contributed by atoms with E-state index in [2.05, 4.69) is 19.9 Å². The molecule has 1 N–H and O–H groups in total. The highest BCUT2D eigenvalue weighted by atomic mass is 16.6. The Kier molecular flexibility index (Phi) is 8.41. The van der Waals surface area contributed by atoms with E-state index in [4.69, 9.17) is 9.72 Å². The van der Waals surface area contributed by atoms with Crippen molar-refractivity contribution < 1.29 is 19.1 Å². The van der Waals surface area contributed by atoms with Crippen molar-refractivity contribution in [2.45, 2.75) is 77.4 Å². The maximum atomic E-state index is 13.2. The minimum atomic E-state index is -0.557. The maximum Gasteiger partial charge on any atom is 0.410 e. The van der Waals surface area contributed by atoms with E-state index in [9.17, 15) is 14.4 Å². The molecular weight excluding hydrogens is 572 g/mol. The molecule has 2 unspecified atom stereocenters. The van der Waals surface area contributed by atoms with E-state index in [1.807, 2.05) is 39.0 Å². The van der Waals surface area contributed by atoms with Crippen LogP contribution in [0.15, 0.2) is 30.6 Å². The van der Waals surface area contributed by atoms with E-state index >= 15 is 0 Å². The molecule has 3 aromatic heterocycles. The molecule has 12 heteroatoms. The first-order valence-electron chi connectivity index (χ1n) is 16.1. The number of likely N-dealkylation sites (tertiary alicyclic amines) is 1. The number of hydrogen-bond acceptors (Lipinski definition) is 8. The van der Waals surface area contributed by atoms with E-state index in [-0.39, 0.29) is 35.8 Å². The number of pyridine rings is 1. The molecule has 3 fully saturated rings. The largest absolute Gasteiger partial charge is 0.444 e. The Balaban J connectivity index is 1.18. The van der Waals surface area contributed by atoms with Crippen LogP contribution in [0.1, 0.15) is 82.2 Å². The molecule has 5 heterocycles. The van der Waals surface area contributed by atoms with Gasteiger partial charge in [-0.3, -0.25) is 9.59 Å². The first-order valence-corrected chi connectivity index (χ1v) is 16.1. The maximum absolute atomic E-state index is 13.2. The number of piperidine rings is 1. The number of amides is 3. The van der Waals surface area contributed by atoms with Gasteiger partial charge >= 0.3 is 6.09 Å². The number of nitrogens with zero attached hydrogens (tertiary/aromatic N) is 7. The quantitative estimate of drug-likeness (QED) is 0.379. The van der Waals surface area contributed by atoms with Crippen LogP contribution in [0, 0.1) is 11.8 Å². The Morgan fingerprint density at radius 3 is 2.38 bits per heavy atom. The number of anilines is 3. The molecule has 0 spiro atoms. The molecule has 45 heavy (non-hydrogen) atoms. The van der Waals surface area contributed by atoms with Crippen LogP contribution in [-0.4, -0.2) is 86.6 Å². The lowest BCUT2D eigenvalue weighted by Gasteiger charge is -2.33. The highest BCUT2D eigenvalue weighted by molar-refractivity contribution is 5.98. The van der Waals surface area contributed by atoms with Gasteiger partial charge in [0.15, 0.2) is 0 Å². The van der Waals surface area contributed by atoms with Gasteiger partial charge in [0, 0.05) is 57.8 Å². The summed E-state index contributed by atoms with van der Waals surface area (Å²) in [4.78, 5) is 58.0. The Hall–Kier alpha value is -4.22. The molecule has 2 saturated heterocycles. The molecule has 6 rings (SSSR count). The minimum absolute atomic E-state index is 0.0286. The molecule has 3 aliphatic rings. The third kappa shape index (κ3) is 6.60. The van der Waals surface area contributed by atoms with Crippen LogP contribution in [0.3, 0.4) is 0 Å². The lowest BCUT2D eigenvalue weighted by atomic mass is 9.88. The molecule has 0 aromatic carbocycles. The van der Waals surface area contributed by atoms with Gasteiger partial charge in [-0.2, -0.15) is 4.98 Å². The number of nitrogens with one attached hydrogen (secondary N) is 1. The van der Waals surface area contributed by atoms with E-state index in [0.29, 0.717) is 49.2 Å². The number of aromatic nitrogens is 4. The summed E-state index contributed by atoms with van der Waals surface area (Å²) in [5.74, 6) is 1.24. The van der Waals surface area contributed by atoms with Gasteiger partial charge in [-0.15, -0.1) is 0 Å². The Labute approximate surface area is 264 Å². The third-order valence-electron chi connectivity index (χ3n) is 9.07. The number of hydrogen-bond donors (Lipinski definition) is 1. The zero-order valence-corrected chi connectivity index (χ0v) is 27.0. The summed E-state index contributed by atoms with van der Waals surface area (Å²) in [5.41, 5.74) is 1.54.